The van der Waals surface area contributed by atoms with Crippen molar-refractivity contribution in [3.05, 3.63) is 47.5 Å². The van der Waals surface area contributed by atoms with E-state index in [1.54, 1.807) is 31.4 Å². The number of fused-ring (bicyclic) bond motifs is 1. The number of hydrogen-bond donors (Lipinski definition) is 3. The molecule has 0 fully saturated rings. The van der Waals surface area contributed by atoms with Crippen molar-refractivity contribution in [2.24, 2.45) is 0 Å². The van der Waals surface area contributed by atoms with Crippen molar-refractivity contribution in [2.75, 3.05) is 17.7 Å². The number of rotatable bonds is 5. The van der Waals surface area contributed by atoms with Gasteiger partial charge in [-0.05, 0) is 42.5 Å². The summed E-state index contributed by atoms with van der Waals surface area (Å²) in [6.45, 7) is 0. The molecule has 3 rings (SSSR count). The number of nitrogens with one attached hydrogen (secondary N) is 2. The van der Waals surface area contributed by atoms with E-state index in [-0.39, 0.29) is 0 Å². The summed E-state index contributed by atoms with van der Waals surface area (Å²) >= 11 is 7.27. The first-order valence-corrected chi connectivity index (χ1v) is 7.75. The van der Waals surface area contributed by atoms with Gasteiger partial charge in [0.1, 0.15) is 5.75 Å². The molecule has 0 saturated heterocycles. The summed E-state index contributed by atoms with van der Waals surface area (Å²) in [6.07, 6.45) is -0.955. The smallest absolute Gasteiger partial charge is 0.204 e. The number of aromatic nitrogens is 1. The molecule has 114 valence electrons. The third-order valence-electron chi connectivity index (χ3n) is 3.00. The SMILES string of the molecule is COc1ccc2nc(NC(O)Nc3ccc(Cl)cc3)sc2c1. The number of halogens is 1. The molecule has 3 N–H and O–H groups in total. The molecule has 1 heterocycles. The molecule has 0 aliphatic heterocycles. The molecule has 3 aromatic rings. The first kappa shape index (κ1) is 14.9. The molecule has 2 aromatic carbocycles. The van der Waals surface area contributed by atoms with Crippen LogP contribution in [0.2, 0.25) is 5.02 Å². The Morgan fingerprint density at radius 1 is 1.18 bits per heavy atom. The van der Waals surface area contributed by atoms with Crippen LogP contribution in [-0.4, -0.2) is 23.6 Å². The van der Waals surface area contributed by atoms with Crippen LogP contribution in [0.25, 0.3) is 10.2 Å². The van der Waals surface area contributed by atoms with Crippen molar-refractivity contribution in [2.45, 2.75) is 6.35 Å². The Balaban J connectivity index is 1.70. The van der Waals surface area contributed by atoms with E-state index in [1.807, 2.05) is 18.2 Å². The Hall–Kier alpha value is -2.02. The molecule has 0 bridgehead atoms. The van der Waals surface area contributed by atoms with Gasteiger partial charge in [-0.25, -0.2) is 4.98 Å². The van der Waals surface area contributed by atoms with Gasteiger partial charge < -0.3 is 20.5 Å². The number of thiazole rings is 1. The van der Waals surface area contributed by atoms with E-state index >= 15 is 0 Å². The van der Waals surface area contributed by atoms with Crippen molar-refractivity contribution in [3.63, 3.8) is 0 Å². The van der Waals surface area contributed by atoms with E-state index in [9.17, 15) is 5.11 Å². The highest BCUT2D eigenvalue weighted by Gasteiger charge is 2.09. The van der Waals surface area contributed by atoms with E-state index in [2.05, 4.69) is 15.6 Å². The number of methoxy groups -OCH3 is 1. The second-order valence-corrected chi connectivity index (χ2v) is 6.02. The van der Waals surface area contributed by atoms with E-state index < -0.39 is 6.35 Å². The fourth-order valence-electron chi connectivity index (χ4n) is 1.95. The summed E-state index contributed by atoms with van der Waals surface area (Å²) in [4.78, 5) is 4.41. The lowest BCUT2D eigenvalue weighted by Gasteiger charge is -2.14. The molecule has 0 aliphatic rings. The van der Waals surface area contributed by atoms with E-state index in [1.165, 1.54) is 11.3 Å². The van der Waals surface area contributed by atoms with Gasteiger partial charge in [0.2, 0.25) is 6.35 Å². The Morgan fingerprint density at radius 2 is 1.95 bits per heavy atom. The molecule has 0 saturated carbocycles. The van der Waals surface area contributed by atoms with Gasteiger partial charge in [-0.1, -0.05) is 22.9 Å². The Morgan fingerprint density at radius 3 is 2.68 bits per heavy atom. The molecular formula is C15H14ClN3O2S. The highest BCUT2D eigenvalue weighted by Crippen LogP contribution is 2.29. The summed E-state index contributed by atoms with van der Waals surface area (Å²) in [5.41, 5.74) is 1.61. The largest absolute Gasteiger partial charge is 0.497 e. The fraction of sp³-hybridized carbons (Fsp3) is 0.133. The first-order valence-electron chi connectivity index (χ1n) is 6.55. The summed E-state index contributed by atoms with van der Waals surface area (Å²) in [6, 6.07) is 12.7. The van der Waals surface area contributed by atoms with Crippen molar-refractivity contribution in [1.29, 1.82) is 0 Å². The Labute approximate surface area is 136 Å². The average molecular weight is 336 g/mol. The maximum atomic E-state index is 10.0. The highest BCUT2D eigenvalue weighted by atomic mass is 35.5. The van der Waals surface area contributed by atoms with Gasteiger partial charge in [0.25, 0.3) is 0 Å². The van der Waals surface area contributed by atoms with Gasteiger partial charge in [-0.3, -0.25) is 0 Å². The van der Waals surface area contributed by atoms with Crippen LogP contribution < -0.4 is 15.4 Å². The number of ether oxygens (including phenoxy) is 1. The quantitative estimate of drug-likeness (QED) is 0.619. The summed E-state index contributed by atoms with van der Waals surface area (Å²) in [5, 5.41) is 17.1. The number of nitrogens with zero attached hydrogens (tertiary/aromatic N) is 1. The molecule has 0 radical (unpaired) electrons. The third kappa shape index (κ3) is 3.41. The second kappa shape index (κ2) is 6.39. The van der Waals surface area contributed by atoms with Gasteiger partial charge in [-0.15, -0.1) is 0 Å². The van der Waals surface area contributed by atoms with Crippen molar-refractivity contribution in [3.8, 4) is 5.75 Å². The zero-order chi connectivity index (χ0) is 15.5. The van der Waals surface area contributed by atoms with Crippen LogP contribution >= 0.6 is 22.9 Å². The number of aliphatic hydroxyl groups excluding tert-OH is 1. The van der Waals surface area contributed by atoms with Crippen LogP contribution in [0.5, 0.6) is 5.75 Å². The molecule has 1 aromatic heterocycles. The van der Waals surface area contributed by atoms with E-state index in [0.29, 0.717) is 10.2 Å². The first-order chi connectivity index (χ1) is 10.6. The molecule has 0 amide bonds. The normalized spacial score (nSPS) is 12.1. The minimum Gasteiger partial charge on any atom is -0.497 e. The predicted octanol–water partition coefficient (Wildman–Crippen LogP) is 3.76. The number of hydrogen-bond acceptors (Lipinski definition) is 6. The second-order valence-electron chi connectivity index (χ2n) is 4.55. The molecule has 0 aliphatic carbocycles. The van der Waals surface area contributed by atoms with Crippen molar-refractivity contribution in [1.82, 2.24) is 4.98 Å². The molecular weight excluding hydrogens is 322 g/mol. The predicted molar refractivity (Wildman–Crippen MR) is 90.9 cm³/mol. The van der Waals surface area contributed by atoms with Gasteiger partial charge in [-0.2, -0.15) is 0 Å². The summed E-state index contributed by atoms with van der Waals surface area (Å²) in [7, 11) is 1.63. The summed E-state index contributed by atoms with van der Waals surface area (Å²) < 4.78 is 6.17. The van der Waals surface area contributed by atoms with Gasteiger partial charge in [0.05, 0.1) is 17.3 Å². The number of anilines is 2. The maximum Gasteiger partial charge on any atom is 0.204 e. The third-order valence-corrected chi connectivity index (χ3v) is 4.20. The van der Waals surface area contributed by atoms with Crippen LogP contribution in [0, 0.1) is 0 Å². The molecule has 1 atom stereocenters. The lowest BCUT2D eigenvalue weighted by atomic mass is 10.3. The number of aliphatic hydroxyl groups is 1. The zero-order valence-electron chi connectivity index (χ0n) is 11.7. The molecule has 7 heteroatoms. The number of benzene rings is 2. The molecule has 0 spiro atoms. The zero-order valence-corrected chi connectivity index (χ0v) is 13.3. The van der Waals surface area contributed by atoms with Crippen molar-refractivity contribution < 1.29 is 9.84 Å². The highest BCUT2D eigenvalue weighted by molar-refractivity contribution is 7.22. The van der Waals surface area contributed by atoms with Crippen LogP contribution in [-0.2, 0) is 0 Å². The monoisotopic (exact) mass is 335 g/mol. The van der Waals surface area contributed by atoms with Crippen LogP contribution in [0.4, 0.5) is 10.8 Å². The van der Waals surface area contributed by atoms with E-state index in [4.69, 9.17) is 16.3 Å². The lowest BCUT2D eigenvalue weighted by molar-refractivity contribution is 0.233. The van der Waals surface area contributed by atoms with Crippen molar-refractivity contribution >= 4 is 44.0 Å². The maximum absolute atomic E-state index is 10.0. The Kier molecular flexibility index (Phi) is 4.33. The molecule has 1 unspecified atom stereocenters. The minimum atomic E-state index is -0.955. The molecule has 5 nitrogen and oxygen atoms in total. The van der Waals surface area contributed by atoms with E-state index in [0.717, 1.165) is 21.7 Å². The van der Waals surface area contributed by atoms with Gasteiger partial charge >= 0.3 is 0 Å². The van der Waals surface area contributed by atoms with Crippen LogP contribution in [0.3, 0.4) is 0 Å². The van der Waals surface area contributed by atoms with Gasteiger partial charge in [0, 0.05) is 10.7 Å². The standard InChI is InChI=1S/C15H14ClN3O2S/c1-21-11-6-7-12-13(8-11)22-15(18-12)19-14(20)17-10-4-2-9(16)3-5-10/h2-8,14,17,20H,1H3,(H,18,19). The molecule has 22 heavy (non-hydrogen) atoms. The van der Waals surface area contributed by atoms with Crippen LogP contribution in [0.15, 0.2) is 42.5 Å². The minimum absolute atomic E-state index is 0.622. The van der Waals surface area contributed by atoms with Crippen LogP contribution in [0.1, 0.15) is 0 Å². The van der Waals surface area contributed by atoms with Gasteiger partial charge in [0.15, 0.2) is 5.13 Å². The average Bonchev–Trinajstić information content (AvgIpc) is 2.90. The fourth-order valence-corrected chi connectivity index (χ4v) is 2.99. The summed E-state index contributed by atoms with van der Waals surface area (Å²) in [5.74, 6) is 0.780. The Bertz CT molecular complexity index is 776. The topological polar surface area (TPSA) is 66.4 Å². The lowest BCUT2D eigenvalue weighted by Crippen LogP contribution is -2.27.